The molecule has 0 radical (unpaired) electrons. The molecule has 1 aromatic heterocycles. The number of carbonyl (C=O) groups excluding carboxylic acids is 1. The minimum Gasteiger partial charge on any atom is -0.354 e. The highest BCUT2D eigenvalue weighted by atomic mass is 32.2. The van der Waals surface area contributed by atoms with Gasteiger partial charge in [0.1, 0.15) is 0 Å². The number of nitrogens with one attached hydrogen (secondary N) is 1. The molecule has 0 fully saturated rings. The minimum atomic E-state index is -0.475. The van der Waals surface area contributed by atoms with Crippen molar-refractivity contribution in [3.05, 3.63) is 36.2 Å². The lowest BCUT2D eigenvalue weighted by Crippen LogP contribution is -2.42. The molecule has 124 valence electrons. The zero-order valence-electron chi connectivity index (χ0n) is 13.4. The zero-order chi connectivity index (χ0) is 16.7. The van der Waals surface area contributed by atoms with Crippen LogP contribution in [-0.2, 0) is 4.79 Å². The van der Waals surface area contributed by atoms with Crippen LogP contribution in [-0.4, -0.2) is 40.6 Å². The third kappa shape index (κ3) is 5.07. The van der Waals surface area contributed by atoms with Crippen molar-refractivity contribution in [3.8, 4) is 11.4 Å². The van der Waals surface area contributed by atoms with Gasteiger partial charge in [0.25, 0.3) is 0 Å². The lowest BCUT2D eigenvalue weighted by molar-refractivity contribution is -0.122. The summed E-state index contributed by atoms with van der Waals surface area (Å²) >= 11 is 1.68. The number of aromatic nitrogens is 2. The van der Waals surface area contributed by atoms with Crippen molar-refractivity contribution in [2.75, 3.05) is 18.6 Å². The average molecular weight is 334 g/mol. The summed E-state index contributed by atoms with van der Waals surface area (Å²) in [5.74, 6) is 1.71. The molecule has 2 aromatic rings. The van der Waals surface area contributed by atoms with Crippen molar-refractivity contribution in [2.45, 2.75) is 25.3 Å². The number of hydrogen-bond donors (Lipinski definition) is 2. The number of nitrogens with two attached hydrogens (primary N) is 1. The monoisotopic (exact) mass is 334 g/mol. The molecule has 2 atom stereocenters. The van der Waals surface area contributed by atoms with Gasteiger partial charge in [0.05, 0.1) is 12.0 Å². The predicted molar refractivity (Wildman–Crippen MR) is 92.1 cm³/mol. The Balaban J connectivity index is 1.88. The van der Waals surface area contributed by atoms with E-state index in [2.05, 4.69) is 15.5 Å². The SMILES string of the molecule is CSCCC(N)C(=O)NCC(C)c1nc(-c2ccccc2)no1. The molecule has 7 heteroatoms. The Hall–Kier alpha value is -1.86. The Kier molecular flexibility index (Phi) is 6.61. The van der Waals surface area contributed by atoms with E-state index in [1.807, 2.05) is 43.5 Å². The van der Waals surface area contributed by atoms with Crippen LogP contribution in [0.15, 0.2) is 34.9 Å². The van der Waals surface area contributed by atoms with Crippen LogP contribution in [0.3, 0.4) is 0 Å². The molecule has 23 heavy (non-hydrogen) atoms. The van der Waals surface area contributed by atoms with E-state index in [4.69, 9.17) is 10.3 Å². The normalized spacial score (nSPS) is 13.5. The van der Waals surface area contributed by atoms with Gasteiger partial charge in [0.2, 0.25) is 17.6 Å². The van der Waals surface area contributed by atoms with Crippen LogP contribution in [0.5, 0.6) is 0 Å². The number of thioether (sulfide) groups is 1. The molecule has 0 aliphatic carbocycles. The van der Waals surface area contributed by atoms with E-state index in [9.17, 15) is 4.79 Å². The zero-order valence-corrected chi connectivity index (χ0v) is 14.2. The van der Waals surface area contributed by atoms with Gasteiger partial charge in [-0.1, -0.05) is 42.4 Å². The summed E-state index contributed by atoms with van der Waals surface area (Å²) in [4.78, 5) is 16.3. The molecule has 0 saturated carbocycles. The second-order valence-electron chi connectivity index (χ2n) is 5.36. The van der Waals surface area contributed by atoms with Crippen molar-refractivity contribution in [2.24, 2.45) is 5.73 Å². The van der Waals surface area contributed by atoms with Crippen LogP contribution in [0.4, 0.5) is 0 Å². The molecule has 0 saturated heterocycles. The van der Waals surface area contributed by atoms with E-state index < -0.39 is 6.04 Å². The quantitative estimate of drug-likeness (QED) is 0.767. The first-order chi connectivity index (χ1) is 11.1. The first-order valence-electron chi connectivity index (χ1n) is 7.53. The van der Waals surface area contributed by atoms with Gasteiger partial charge in [-0.2, -0.15) is 16.7 Å². The molecule has 0 bridgehead atoms. The van der Waals surface area contributed by atoms with Crippen LogP contribution in [0, 0.1) is 0 Å². The van der Waals surface area contributed by atoms with Gasteiger partial charge in [-0.15, -0.1) is 0 Å². The van der Waals surface area contributed by atoms with Crippen LogP contribution in [0.1, 0.15) is 25.2 Å². The molecule has 0 spiro atoms. The highest BCUT2D eigenvalue weighted by Gasteiger charge is 2.18. The van der Waals surface area contributed by atoms with Crippen LogP contribution >= 0.6 is 11.8 Å². The molecule has 0 aliphatic rings. The molecule has 1 heterocycles. The average Bonchev–Trinajstić information content (AvgIpc) is 3.08. The number of amides is 1. The van der Waals surface area contributed by atoms with Gasteiger partial charge in [-0.05, 0) is 18.4 Å². The van der Waals surface area contributed by atoms with Gasteiger partial charge in [0.15, 0.2) is 0 Å². The summed E-state index contributed by atoms with van der Waals surface area (Å²) < 4.78 is 5.29. The maximum absolute atomic E-state index is 11.9. The summed E-state index contributed by atoms with van der Waals surface area (Å²) in [7, 11) is 0. The maximum Gasteiger partial charge on any atom is 0.236 e. The van der Waals surface area contributed by atoms with Crippen molar-refractivity contribution >= 4 is 17.7 Å². The van der Waals surface area contributed by atoms with Crippen LogP contribution in [0.2, 0.25) is 0 Å². The topological polar surface area (TPSA) is 94.0 Å². The summed E-state index contributed by atoms with van der Waals surface area (Å²) in [5, 5.41) is 6.82. The molecule has 2 rings (SSSR count). The highest BCUT2D eigenvalue weighted by molar-refractivity contribution is 7.98. The van der Waals surface area contributed by atoms with Gasteiger partial charge in [-0.25, -0.2) is 0 Å². The minimum absolute atomic E-state index is 0.0725. The second-order valence-corrected chi connectivity index (χ2v) is 6.34. The van der Waals surface area contributed by atoms with E-state index in [0.29, 0.717) is 24.7 Å². The summed E-state index contributed by atoms with van der Waals surface area (Å²) in [6, 6.07) is 9.15. The van der Waals surface area contributed by atoms with Crippen LogP contribution < -0.4 is 11.1 Å². The van der Waals surface area contributed by atoms with Crippen molar-refractivity contribution in [3.63, 3.8) is 0 Å². The third-order valence-electron chi connectivity index (χ3n) is 3.45. The number of nitrogens with zero attached hydrogens (tertiary/aromatic N) is 2. The first-order valence-corrected chi connectivity index (χ1v) is 8.92. The molecule has 3 N–H and O–H groups in total. The third-order valence-corrected chi connectivity index (χ3v) is 4.09. The standard InChI is InChI=1S/C16H22N4O2S/c1-11(10-18-15(21)13(17)8-9-23-2)16-19-14(20-22-16)12-6-4-3-5-7-12/h3-7,11,13H,8-10,17H2,1-2H3,(H,18,21). The molecular formula is C16H22N4O2S. The summed E-state index contributed by atoms with van der Waals surface area (Å²) in [6.07, 6.45) is 2.66. The smallest absolute Gasteiger partial charge is 0.236 e. The van der Waals surface area contributed by atoms with Crippen molar-refractivity contribution in [1.82, 2.24) is 15.5 Å². The van der Waals surface area contributed by atoms with Gasteiger partial charge in [0, 0.05) is 12.1 Å². The van der Waals surface area contributed by atoms with E-state index in [1.165, 1.54) is 0 Å². The van der Waals surface area contributed by atoms with E-state index in [1.54, 1.807) is 11.8 Å². The Bertz CT molecular complexity index is 618. The van der Waals surface area contributed by atoms with Crippen LogP contribution in [0.25, 0.3) is 11.4 Å². The van der Waals surface area contributed by atoms with E-state index >= 15 is 0 Å². The molecule has 6 nitrogen and oxygen atoms in total. The van der Waals surface area contributed by atoms with Crippen molar-refractivity contribution in [1.29, 1.82) is 0 Å². The Morgan fingerprint density at radius 1 is 1.39 bits per heavy atom. The van der Waals surface area contributed by atoms with Gasteiger partial charge < -0.3 is 15.6 Å². The lowest BCUT2D eigenvalue weighted by atomic mass is 10.1. The number of hydrogen-bond acceptors (Lipinski definition) is 6. The first kappa shape index (κ1) is 17.5. The number of rotatable bonds is 8. The second kappa shape index (κ2) is 8.69. The number of benzene rings is 1. The molecule has 0 aliphatic heterocycles. The van der Waals surface area contributed by atoms with Gasteiger partial charge >= 0.3 is 0 Å². The maximum atomic E-state index is 11.9. The molecule has 2 unspecified atom stereocenters. The van der Waals surface area contributed by atoms with E-state index in [0.717, 1.165) is 11.3 Å². The van der Waals surface area contributed by atoms with E-state index in [-0.39, 0.29) is 11.8 Å². The molecular weight excluding hydrogens is 312 g/mol. The fourth-order valence-electron chi connectivity index (χ4n) is 1.99. The van der Waals surface area contributed by atoms with Gasteiger partial charge in [-0.3, -0.25) is 4.79 Å². The predicted octanol–water partition coefficient (Wildman–Crippen LogP) is 2.04. The van der Waals surface area contributed by atoms with Crippen molar-refractivity contribution < 1.29 is 9.32 Å². The molecule has 1 amide bonds. The largest absolute Gasteiger partial charge is 0.354 e. The summed E-state index contributed by atoms with van der Waals surface area (Å²) in [5.41, 5.74) is 6.73. The lowest BCUT2D eigenvalue weighted by Gasteiger charge is -2.13. The number of carbonyl (C=O) groups is 1. The highest BCUT2D eigenvalue weighted by Crippen LogP contribution is 2.18. The fourth-order valence-corrected chi connectivity index (χ4v) is 2.48. The fraction of sp³-hybridized carbons (Fsp3) is 0.438. The Morgan fingerprint density at radius 2 is 2.13 bits per heavy atom. The Labute approximate surface area is 140 Å². The summed E-state index contributed by atoms with van der Waals surface area (Å²) in [6.45, 7) is 2.35. The molecule has 1 aromatic carbocycles. The Morgan fingerprint density at radius 3 is 2.83 bits per heavy atom.